The second kappa shape index (κ2) is 15.6. The highest BCUT2D eigenvalue weighted by atomic mass is 32.1. The van der Waals surface area contributed by atoms with Gasteiger partial charge in [-0.05, 0) is 68.5 Å². The summed E-state index contributed by atoms with van der Waals surface area (Å²) in [5, 5.41) is 22.6. The molecule has 0 saturated heterocycles. The number of hydrogen-bond acceptors (Lipinski definition) is 9. The van der Waals surface area contributed by atoms with Crippen LogP contribution >= 0.6 is 11.3 Å². The van der Waals surface area contributed by atoms with Gasteiger partial charge in [-0.2, -0.15) is 0 Å². The average Bonchev–Trinajstić information content (AvgIpc) is 3.40. The number of amides is 2. The molecule has 0 spiro atoms. The first-order chi connectivity index (χ1) is 24.5. The van der Waals surface area contributed by atoms with Crippen LogP contribution < -0.4 is 14.8 Å². The molecule has 286 valence electrons. The number of ether oxygens (including phenoxy) is 3. The maximum Gasteiger partial charge on any atom is 0.410 e. The monoisotopic (exact) mass is 750 g/mol. The van der Waals surface area contributed by atoms with Crippen molar-refractivity contribution in [3.63, 3.8) is 0 Å². The molecule has 2 amide bonds. The molecule has 0 unspecified atom stereocenters. The molecule has 2 aromatic carbocycles. The van der Waals surface area contributed by atoms with E-state index in [1.54, 1.807) is 46.4 Å². The molecule has 0 aliphatic carbocycles. The third-order valence-corrected chi connectivity index (χ3v) is 10.3. The second-order valence-corrected chi connectivity index (χ2v) is 17.3. The number of carboxylic acids is 2. The van der Waals surface area contributed by atoms with Gasteiger partial charge in [0.25, 0.3) is 5.91 Å². The molecule has 1 aliphatic heterocycles. The summed E-state index contributed by atoms with van der Waals surface area (Å²) in [6.45, 7) is 15.4. The largest absolute Gasteiger partial charge is 0.479 e. The Balaban J connectivity index is 1.62. The van der Waals surface area contributed by atoms with Crippen molar-refractivity contribution in [3.05, 3.63) is 80.5 Å². The molecule has 0 atom stereocenters. The van der Waals surface area contributed by atoms with Gasteiger partial charge in [-0.3, -0.25) is 9.59 Å². The van der Waals surface area contributed by atoms with Crippen LogP contribution in [0.1, 0.15) is 104 Å². The van der Waals surface area contributed by atoms with Crippen LogP contribution in [0, 0.1) is 10.8 Å². The van der Waals surface area contributed by atoms with Crippen molar-refractivity contribution in [1.29, 1.82) is 0 Å². The molecule has 0 fully saturated rings. The molecular formula is C40H50N2O10S. The number of Topliss-reactive ketones (excluding diaryl/α,β-unsaturated/α-hetero) is 1. The zero-order valence-electron chi connectivity index (χ0n) is 31.9. The van der Waals surface area contributed by atoms with E-state index in [9.17, 15) is 34.2 Å². The van der Waals surface area contributed by atoms with E-state index in [1.165, 1.54) is 29.5 Å². The van der Waals surface area contributed by atoms with Gasteiger partial charge in [0, 0.05) is 27.8 Å². The molecule has 0 bridgehead atoms. The van der Waals surface area contributed by atoms with Gasteiger partial charge in [0.1, 0.15) is 5.60 Å². The summed E-state index contributed by atoms with van der Waals surface area (Å²) in [6.07, 6.45) is 0.567. The number of aliphatic carboxylic acids is 2. The number of benzene rings is 2. The number of nitrogens with one attached hydrogen (secondary N) is 1. The molecule has 12 nitrogen and oxygen atoms in total. The number of carboxylic acid groups (broad SMARTS) is 2. The first kappa shape index (κ1) is 40.9. The molecule has 1 aliphatic rings. The minimum absolute atomic E-state index is 0.0470. The van der Waals surface area contributed by atoms with Crippen molar-refractivity contribution in [2.75, 3.05) is 19.7 Å². The molecule has 1 aromatic heterocycles. The second-order valence-electron chi connectivity index (χ2n) is 16.2. The van der Waals surface area contributed by atoms with E-state index in [4.69, 9.17) is 14.2 Å². The van der Waals surface area contributed by atoms with E-state index >= 15 is 0 Å². The lowest BCUT2D eigenvalue weighted by Crippen LogP contribution is -2.63. The minimum Gasteiger partial charge on any atom is -0.479 e. The molecule has 4 rings (SSSR count). The van der Waals surface area contributed by atoms with E-state index in [0.717, 1.165) is 21.6 Å². The van der Waals surface area contributed by atoms with Crippen molar-refractivity contribution in [2.24, 2.45) is 10.8 Å². The Bertz CT molecular complexity index is 1850. The number of nitrogens with zero attached hydrogens (tertiary/aromatic N) is 1. The summed E-state index contributed by atoms with van der Waals surface area (Å²) in [6, 6.07) is 13.8. The maximum atomic E-state index is 13.8. The first-order valence-electron chi connectivity index (χ1n) is 17.4. The molecule has 0 saturated carbocycles. The van der Waals surface area contributed by atoms with Crippen LogP contribution in [0.3, 0.4) is 0 Å². The summed E-state index contributed by atoms with van der Waals surface area (Å²) in [5.41, 5.74) is -1.58. The van der Waals surface area contributed by atoms with Gasteiger partial charge in [0.05, 0.1) is 18.0 Å². The molecule has 0 radical (unpaired) electrons. The fourth-order valence-corrected chi connectivity index (χ4v) is 7.97. The summed E-state index contributed by atoms with van der Waals surface area (Å²) >= 11 is 1.35. The van der Waals surface area contributed by atoms with E-state index in [-0.39, 0.29) is 23.6 Å². The van der Waals surface area contributed by atoms with Gasteiger partial charge in [0.2, 0.25) is 5.60 Å². The molecule has 3 aromatic rings. The zero-order chi connectivity index (χ0) is 39.5. The van der Waals surface area contributed by atoms with Crippen LogP contribution in [0.25, 0.3) is 0 Å². The highest BCUT2D eigenvalue weighted by Gasteiger charge is 2.60. The first-order valence-corrected chi connectivity index (χ1v) is 18.2. The number of thiophene rings is 1. The topological polar surface area (TPSA) is 169 Å². The lowest BCUT2D eigenvalue weighted by atomic mass is 9.62. The predicted octanol–water partition coefficient (Wildman–Crippen LogP) is 7.00. The van der Waals surface area contributed by atoms with Gasteiger partial charge >= 0.3 is 18.0 Å². The number of rotatable bonds is 12. The van der Waals surface area contributed by atoms with Crippen molar-refractivity contribution in [2.45, 2.75) is 92.9 Å². The van der Waals surface area contributed by atoms with Gasteiger partial charge < -0.3 is 34.6 Å². The Kier molecular flexibility index (Phi) is 12.0. The summed E-state index contributed by atoms with van der Waals surface area (Å²) in [5.74, 6) is -3.62. The zero-order valence-corrected chi connectivity index (χ0v) is 32.7. The Morgan fingerprint density at radius 1 is 0.868 bits per heavy atom. The Morgan fingerprint density at radius 3 is 2.08 bits per heavy atom. The third kappa shape index (κ3) is 9.37. The maximum absolute atomic E-state index is 13.8. The van der Waals surface area contributed by atoms with Crippen molar-refractivity contribution >= 4 is 41.1 Å². The number of hydrogen-bond donors (Lipinski definition) is 3. The van der Waals surface area contributed by atoms with Crippen LogP contribution in [0.2, 0.25) is 0 Å². The lowest BCUT2D eigenvalue weighted by Gasteiger charge is -2.49. The predicted molar refractivity (Wildman–Crippen MR) is 200 cm³/mol. The number of fused-ring (bicyclic) bond motifs is 1. The summed E-state index contributed by atoms with van der Waals surface area (Å²) < 4.78 is 17.4. The van der Waals surface area contributed by atoms with Gasteiger partial charge in [0.15, 0.2) is 23.9 Å². The third-order valence-electron chi connectivity index (χ3n) is 8.94. The van der Waals surface area contributed by atoms with E-state index in [1.807, 2.05) is 51.1 Å². The highest BCUT2D eigenvalue weighted by molar-refractivity contribution is 7.14. The van der Waals surface area contributed by atoms with Crippen molar-refractivity contribution in [3.8, 4) is 11.5 Å². The fourth-order valence-electron chi connectivity index (χ4n) is 6.74. The Morgan fingerprint density at radius 2 is 1.51 bits per heavy atom. The van der Waals surface area contributed by atoms with E-state index in [0.29, 0.717) is 24.3 Å². The SMILES string of the molecule is CC(C)(C)OC(=O)N1CCc2sc(C(=O)NCC(=O)c3ccc(OC(C(=O)O)(C(C)(C)C)C(C)(C)C)c(OCC(=O)O)c3)c(Cc3ccccc3)c2C1. The molecule has 3 N–H and O–H groups in total. The summed E-state index contributed by atoms with van der Waals surface area (Å²) in [4.78, 5) is 67.7. The van der Waals surface area contributed by atoms with Crippen molar-refractivity contribution < 1.29 is 48.4 Å². The van der Waals surface area contributed by atoms with E-state index < -0.39 is 64.9 Å². The smallest absolute Gasteiger partial charge is 0.410 e. The van der Waals surface area contributed by atoms with Gasteiger partial charge in [-0.1, -0.05) is 71.9 Å². The lowest BCUT2D eigenvalue weighted by molar-refractivity contribution is -0.184. The minimum atomic E-state index is -1.79. The Labute approximate surface area is 314 Å². The number of carbonyl (C=O) groups excluding carboxylic acids is 3. The van der Waals surface area contributed by atoms with Crippen molar-refractivity contribution in [1.82, 2.24) is 10.2 Å². The van der Waals surface area contributed by atoms with Gasteiger partial charge in [-0.25, -0.2) is 14.4 Å². The normalized spacial score (nSPS) is 13.5. The van der Waals surface area contributed by atoms with Crippen LogP contribution in [0.4, 0.5) is 4.79 Å². The van der Waals surface area contributed by atoms with Crippen LogP contribution in [0.5, 0.6) is 11.5 Å². The van der Waals surface area contributed by atoms with Crippen LogP contribution in [0.15, 0.2) is 48.5 Å². The summed E-state index contributed by atoms with van der Waals surface area (Å²) in [7, 11) is 0. The van der Waals surface area contributed by atoms with Crippen LogP contribution in [-0.4, -0.2) is 75.7 Å². The number of carbonyl (C=O) groups is 5. The standard InChI is InChI=1S/C40H50N2O10S/c1-37(2,3)40(35(47)48,38(4,5)6)51-29-16-15-25(20-30(29)50-23-32(44)45)28(43)21-41-34(46)33-26(19-24-13-11-10-12-14-24)27-22-42(18-17-31(27)53-33)36(49)52-39(7,8)9/h10-16,20H,17-19,21-23H2,1-9H3,(H,41,46)(H,44,45)(H,47,48). The molecule has 53 heavy (non-hydrogen) atoms. The fraction of sp³-hybridized carbons (Fsp3) is 0.475. The quantitative estimate of drug-likeness (QED) is 0.164. The molecule has 2 heterocycles. The molecular weight excluding hydrogens is 701 g/mol. The van der Waals surface area contributed by atoms with E-state index in [2.05, 4.69) is 5.32 Å². The average molecular weight is 751 g/mol. The Hall–Kier alpha value is -4.91. The molecule has 13 heteroatoms. The number of ketones is 1. The highest BCUT2D eigenvalue weighted by Crippen LogP contribution is 2.49. The van der Waals surface area contributed by atoms with Crippen LogP contribution in [-0.2, 0) is 33.7 Å². The van der Waals surface area contributed by atoms with Gasteiger partial charge in [-0.15, -0.1) is 11.3 Å².